The van der Waals surface area contributed by atoms with Gasteiger partial charge in [0.15, 0.2) is 0 Å². The molecule has 0 unspecified atom stereocenters. The van der Waals surface area contributed by atoms with Crippen molar-refractivity contribution in [2.24, 2.45) is 0 Å². The van der Waals surface area contributed by atoms with E-state index in [-0.39, 0.29) is 5.91 Å². The molecule has 3 N–H and O–H groups in total. The van der Waals surface area contributed by atoms with Crippen molar-refractivity contribution in [3.63, 3.8) is 0 Å². The predicted octanol–water partition coefficient (Wildman–Crippen LogP) is 3.76. The summed E-state index contributed by atoms with van der Waals surface area (Å²) in [6, 6.07) is 5.15. The van der Waals surface area contributed by atoms with E-state index >= 15 is 0 Å². The molecule has 118 valence electrons. The average molecular weight is 292 g/mol. The zero-order chi connectivity index (χ0) is 15.5. The average Bonchev–Trinajstić information content (AvgIpc) is 2.50. The fourth-order valence-electron chi connectivity index (χ4n) is 2.21. The van der Waals surface area contributed by atoms with E-state index in [1.165, 1.54) is 38.5 Å². The highest BCUT2D eigenvalue weighted by molar-refractivity contribution is 5.95. The van der Waals surface area contributed by atoms with E-state index in [9.17, 15) is 4.79 Å². The molecule has 0 aromatic heterocycles. The number of amides is 1. The molecule has 0 radical (unpaired) electrons. The summed E-state index contributed by atoms with van der Waals surface area (Å²) < 4.78 is 5.68. The van der Waals surface area contributed by atoms with Crippen molar-refractivity contribution in [3.8, 4) is 5.75 Å². The second-order valence-electron chi connectivity index (χ2n) is 5.30. The number of unbranched alkanes of at least 4 members (excludes halogenated alkanes) is 6. The van der Waals surface area contributed by atoms with Crippen LogP contribution in [0.25, 0.3) is 0 Å². The van der Waals surface area contributed by atoms with Crippen LogP contribution in [0.4, 0.5) is 5.69 Å². The summed E-state index contributed by atoms with van der Waals surface area (Å²) in [4.78, 5) is 11.5. The van der Waals surface area contributed by atoms with Crippen LogP contribution < -0.4 is 15.8 Å². The normalized spacial score (nSPS) is 10.4. The van der Waals surface area contributed by atoms with Crippen LogP contribution in [0.3, 0.4) is 0 Å². The topological polar surface area (TPSA) is 64.3 Å². The van der Waals surface area contributed by atoms with Crippen LogP contribution >= 0.6 is 0 Å². The standard InChI is InChI=1S/C17H28N2O2/c1-3-4-5-6-7-8-9-12-21-16-11-10-14(13-15(16)18)17(20)19-2/h10-11,13H,3-9,12,18H2,1-2H3,(H,19,20). The van der Waals surface area contributed by atoms with Crippen LogP contribution in [-0.2, 0) is 0 Å². The van der Waals surface area contributed by atoms with Crippen molar-refractivity contribution >= 4 is 11.6 Å². The van der Waals surface area contributed by atoms with Gasteiger partial charge in [0.25, 0.3) is 5.91 Å². The lowest BCUT2D eigenvalue weighted by Gasteiger charge is -2.10. The maximum atomic E-state index is 11.5. The van der Waals surface area contributed by atoms with E-state index in [2.05, 4.69) is 12.2 Å². The number of rotatable bonds is 10. The fourth-order valence-corrected chi connectivity index (χ4v) is 2.21. The first kappa shape index (κ1) is 17.3. The highest BCUT2D eigenvalue weighted by Crippen LogP contribution is 2.23. The van der Waals surface area contributed by atoms with Crippen LogP contribution in [0.15, 0.2) is 18.2 Å². The summed E-state index contributed by atoms with van der Waals surface area (Å²) in [7, 11) is 1.60. The summed E-state index contributed by atoms with van der Waals surface area (Å²) in [5, 5.41) is 2.57. The van der Waals surface area contributed by atoms with E-state index < -0.39 is 0 Å². The van der Waals surface area contributed by atoms with Crippen molar-refractivity contribution in [2.75, 3.05) is 19.4 Å². The SMILES string of the molecule is CCCCCCCCCOc1ccc(C(=O)NC)cc1N. The minimum Gasteiger partial charge on any atom is -0.491 e. The molecule has 21 heavy (non-hydrogen) atoms. The lowest BCUT2D eigenvalue weighted by Crippen LogP contribution is -2.17. The third kappa shape index (κ3) is 6.52. The van der Waals surface area contributed by atoms with Gasteiger partial charge in [-0.15, -0.1) is 0 Å². The summed E-state index contributed by atoms with van der Waals surface area (Å²) in [6.45, 7) is 2.91. The number of anilines is 1. The molecule has 0 fully saturated rings. The van der Waals surface area contributed by atoms with E-state index in [0.29, 0.717) is 23.6 Å². The highest BCUT2D eigenvalue weighted by Gasteiger charge is 2.07. The van der Waals surface area contributed by atoms with Gasteiger partial charge in [0.2, 0.25) is 0 Å². The number of carbonyl (C=O) groups is 1. The molecule has 0 atom stereocenters. The second kappa shape index (κ2) is 10.1. The first-order valence-electron chi connectivity index (χ1n) is 7.93. The Balaban J connectivity index is 2.25. The first-order valence-corrected chi connectivity index (χ1v) is 7.93. The molecule has 0 saturated carbocycles. The van der Waals surface area contributed by atoms with Gasteiger partial charge in [0.05, 0.1) is 12.3 Å². The van der Waals surface area contributed by atoms with Gasteiger partial charge in [-0.05, 0) is 24.6 Å². The molecule has 0 saturated heterocycles. The Morgan fingerprint density at radius 2 is 1.81 bits per heavy atom. The largest absolute Gasteiger partial charge is 0.491 e. The second-order valence-corrected chi connectivity index (χ2v) is 5.30. The Hall–Kier alpha value is -1.71. The number of carbonyl (C=O) groups excluding carboxylic acids is 1. The van der Waals surface area contributed by atoms with Crippen molar-refractivity contribution in [2.45, 2.75) is 51.9 Å². The molecular weight excluding hydrogens is 264 g/mol. The summed E-state index contributed by atoms with van der Waals surface area (Å²) in [6.07, 6.45) is 8.79. The van der Waals surface area contributed by atoms with E-state index in [1.54, 1.807) is 25.2 Å². The molecule has 0 heterocycles. The Kier molecular flexibility index (Phi) is 8.32. The Bertz CT molecular complexity index is 433. The smallest absolute Gasteiger partial charge is 0.251 e. The zero-order valence-corrected chi connectivity index (χ0v) is 13.3. The molecule has 4 nitrogen and oxygen atoms in total. The van der Waals surface area contributed by atoms with Crippen molar-refractivity contribution in [1.82, 2.24) is 5.32 Å². The number of hydrogen-bond donors (Lipinski definition) is 2. The number of hydrogen-bond acceptors (Lipinski definition) is 3. The molecule has 1 aromatic carbocycles. The van der Waals surface area contributed by atoms with Crippen LogP contribution in [0.1, 0.15) is 62.2 Å². The van der Waals surface area contributed by atoms with Crippen LogP contribution in [0.2, 0.25) is 0 Å². The van der Waals surface area contributed by atoms with Crippen LogP contribution in [0.5, 0.6) is 5.75 Å². The molecule has 0 spiro atoms. The lowest BCUT2D eigenvalue weighted by atomic mass is 10.1. The van der Waals surface area contributed by atoms with E-state index in [4.69, 9.17) is 10.5 Å². The summed E-state index contributed by atoms with van der Waals surface area (Å²) >= 11 is 0. The number of nitrogen functional groups attached to an aromatic ring is 1. The molecule has 1 amide bonds. The minimum absolute atomic E-state index is 0.139. The number of nitrogens with two attached hydrogens (primary N) is 1. The van der Waals surface area contributed by atoms with Gasteiger partial charge in [-0.1, -0.05) is 45.4 Å². The van der Waals surface area contributed by atoms with Gasteiger partial charge in [0, 0.05) is 12.6 Å². The molecule has 1 aromatic rings. The van der Waals surface area contributed by atoms with Crippen molar-refractivity contribution in [3.05, 3.63) is 23.8 Å². The molecule has 0 aliphatic rings. The third-order valence-electron chi connectivity index (χ3n) is 3.50. The van der Waals surface area contributed by atoms with E-state index in [0.717, 1.165) is 6.42 Å². The Morgan fingerprint density at radius 1 is 1.14 bits per heavy atom. The Labute approximate surface area is 128 Å². The number of ether oxygens (including phenoxy) is 1. The number of benzene rings is 1. The van der Waals surface area contributed by atoms with Gasteiger partial charge >= 0.3 is 0 Å². The van der Waals surface area contributed by atoms with Crippen LogP contribution in [-0.4, -0.2) is 19.6 Å². The molecule has 0 aliphatic carbocycles. The molecule has 4 heteroatoms. The maximum absolute atomic E-state index is 11.5. The van der Waals surface area contributed by atoms with Gasteiger partial charge in [-0.3, -0.25) is 4.79 Å². The molecular formula is C17H28N2O2. The highest BCUT2D eigenvalue weighted by atomic mass is 16.5. The van der Waals surface area contributed by atoms with Crippen molar-refractivity contribution in [1.29, 1.82) is 0 Å². The monoisotopic (exact) mass is 292 g/mol. The maximum Gasteiger partial charge on any atom is 0.251 e. The fraction of sp³-hybridized carbons (Fsp3) is 0.588. The van der Waals surface area contributed by atoms with Gasteiger partial charge in [0.1, 0.15) is 5.75 Å². The third-order valence-corrected chi connectivity index (χ3v) is 3.50. The zero-order valence-electron chi connectivity index (χ0n) is 13.3. The summed E-state index contributed by atoms with van der Waals surface area (Å²) in [5.41, 5.74) is 6.97. The first-order chi connectivity index (χ1) is 10.2. The minimum atomic E-state index is -0.139. The van der Waals surface area contributed by atoms with Gasteiger partial charge in [-0.25, -0.2) is 0 Å². The predicted molar refractivity (Wildman–Crippen MR) is 87.7 cm³/mol. The molecule has 1 rings (SSSR count). The van der Waals surface area contributed by atoms with Gasteiger partial charge in [-0.2, -0.15) is 0 Å². The molecule has 0 bridgehead atoms. The van der Waals surface area contributed by atoms with E-state index in [1.807, 2.05) is 0 Å². The molecule has 0 aliphatic heterocycles. The summed E-state index contributed by atoms with van der Waals surface area (Å²) in [5.74, 6) is 0.522. The number of nitrogens with one attached hydrogen (secondary N) is 1. The van der Waals surface area contributed by atoms with Gasteiger partial charge < -0.3 is 15.8 Å². The van der Waals surface area contributed by atoms with Crippen LogP contribution in [0, 0.1) is 0 Å². The quantitative estimate of drug-likeness (QED) is 0.510. The Morgan fingerprint density at radius 3 is 2.43 bits per heavy atom. The lowest BCUT2D eigenvalue weighted by molar-refractivity contribution is 0.0963. The van der Waals surface area contributed by atoms with Crippen molar-refractivity contribution < 1.29 is 9.53 Å².